The Hall–Kier alpha value is -1.87. The van der Waals surface area contributed by atoms with Crippen molar-refractivity contribution < 1.29 is 15.0 Å². The summed E-state index contributed by atoms with van der Waals surface area (Å²) in [5.41, 5.74) is 0.722. The summed E-state index contributed by atoms with van der Waals surface area (Å²) in [6.07, 6.45) is 13.0. The molecule has 0 aliphatic heterocycles. The number of aliphatic hydroxyl groups is 1. The van der Waals surface area contributed by atoms with Crippen LogP contribution in [0.4, 0.5) is 0 Å². The molecule has 0 radical (unpaired) electrons. The van der Waals surface area contributed by atoms with E-state index in [1.807, 2.05) is 36.4 Å². The second-order valence-corrected chi connectivity index (χ2v) is 6.98. The monoisotopic (exact) mass is 342 g/mol. The minimum atomic E-state index is -1.22. The fraction of sp³-hybridized carbons (Fsp3) is 0.500. The van der Waals surface area contributed by atoms with Crippen molar-refractivity contribution >= 4 is 5.97 Å². The van der Waals surface area contributed by atoms with E-state index < -0.39 is 11.6 Å². The molecule has 0 saturated carbocycles. The van der Waals surface area contributed by atoms with Crippen molar-refractivity contribution in [2.75, 3.05) is 0 Å². The molecule has 136 valence electrons. The molecule has 1 aliphatic rings. The number of carboxylic acids is 1. The molecule has 1 aliphatic carbocycles. The first-order valence-corrected chi connectivity index (χ1v) is 9.49. The van der Waals surface area contributed by atoms with Gasteiger partial charge < -0.3 is 10.2 Å². The number of benzene rings is 1. The highest BCUT2D eigenvalue weighted by Crippen LogP contribution is 2.36. The first-order chi connectivity index (χ1) is 12.1. The molecule has 2 rings (SSSR count). The number of hydrogen-bond donors (Lipinski definition) is 2. The molecule has 0 spiro atoms. The normalized spacial score (nSPS) is 20.1. The number of rotatable bonds is 10. The van der Waals surface area contributed by atoms with Crippen molar-refractivity contribution in [1.29, 1.82) is 0 Å². The van der Waals surface area contributed by atoms with Crippen LogP contribution in [-0.2, 0) is 10.4 Å². The summed E-state index contributed by atoms with van der Waals surface area (Å²) < 4.78 is 0. The van der Waals surface area contributed by atoms with Crippen LogP contribution in [-0.4, -0.2) is 16.2 Å². The van der Waals surface area contributed by atoms with E-state index in [4.69, 9.17) is 0 Å². The summed E-state index contributed by atoms with van der Waals surface area (Å²) in [5, 5.41) is 20.5. The molecule has 25 heavy (non-hydrogen) atoms. The van der Waals surface area contributed by atoms with Gasteiger partial charge in [-0.05, 0) is 30.1 Å². The first-order valence-electron chi connectivity index (χ1n) is 9.49. The molecular weight excluding hydrogens is 312 g/mol. The van der Waals surface area contributed by atoms with Gasteiger partial charge in [-0.3, -0.25) is 0 Å². The van der Waals surface area contributed by atoms with Gasteiger partial charge >= 0.3 is 5.97 Å². The Labute approximate surface area is 151 Å². The van der Waals surface area contributed by atoms with Gasteiger partial charge in [-0.1, -0.05) is 81.9 Å². The average molecular weight is 342 g/mol. The van der Waals surface area contributed by atoms with Crippen LogP contribution in [0.1, 0.15) is 70.3 Å². The van der Waals surface area contributed by atoms with Crippen LogP contribution in [0.3, 0.4) is 0 Å². The van der Waals surface area contributed by atoms with Crippen LogP contribution < -0.4 is 0 Å². The predicted molar refractivity (Wildman–Crippen MR) is 101 cm³/mol. The van der Waals surface area contributed by atoms with Gasteiger partial charge in [0.1, 0.15) is 5.60 Å². The maximum Gasteiger partial charge on any atom is 0.331 e. The second kappa shape index (κ2) is 9.57. The highest BCUT2D eigenvalue weighted by atomic mass is 16.4. The Morgan fingerprint density at radius 1 is 1.04 bits per heavy atom. The summed E-state index contributed by atoms with van der Waals surface area (Å²) >= 11 is 0. The topological polar surface area (TPSA) is 57.5 Å². The zero-order valence-corrected chi connectivity index (χ0v) is 15.2. The fourth-order valence-corrected chi connectivity index (χ4v) is 3.43. The van der Waals surface area contributed by atoms with Crippen molar-refractivity contribution in [2.24, 2.45) is 0 Å². The Bertz CT molecular complexity index is 615. The molecule has 1 aromatic rings. The number of hydrogen-bond acceptors (Lipinski definition) is 2. The van der Waals surface area contributed by atoms with Gasteiger partial charge in [0.05, 0.1) is 0 Å². The second-order valence-electron chi connectivity index (χ2n) is 6.98. The molecule has 1 aromatic carbocycles. The van der Waals surface area contributed by atoms with Crippen molar-refractivity contribution in [2.45, 2.75) is 70.3 Å². The third-order valence-corrected chi connectivity index (χ3v) is 4.98. The van der Waals surface area contributed by atoms with E-state index in [-0.39, 0.29) is 6.42 Å². The smallest absolute Gasteiger partial charge is 0.331 e. The molecule has 0 amide bonds. The summed E-state index contributed by atoms with van der Waals surface area (Å²) in [6.45, 7) is 2.21. The summed E-state index contributed by atoms with van der Waals surface area (Å²) in [6, 6.07) is 9.29. The lowest BCUT2D eigenvalue weighted by atomic mass is 9.80. The van der Waals surface area contributed by atoms with Gasteiger partial charge in [0, 0.05) is 12.0 Å². The number of aliphatic carboxylic acids is 1. The molecular formula is C22H30O3. The average Bonchev–Trinajstić information content (AvgIpc) is 2.62. The van der Waals surface area contributed by atoms with Crippen LogP contribution in [0, 0.1) is 0 Å². The summed E-state index contributed by atoms with van der Waals surface area (Å²) in [5.74, 6) is -0.920. The van der Waals surface area contributed by atoms with Gasteiger partial charge in [0.2, 0.25) is 0 Å². The van der Waals surface area contributed by atoms with Gasteiger partial charge in [-0.25, -0.2) is 4.79 Å². The third kappa shape index (κ3) is 5.57. The van der Waals surface area contributed by atoms with E-state index in [1.54, 1.807) is 6.08 Å². The highest BCUT2D eigenvalue weighted by molar-refractivity contribution is 5.89. The molecule has 0 fully saturated rings. The van der Waals surface area contributed by atoms with Crippen molar-refractivity contribution in [3.63, 3.8) is 0 Å². The Morgan fingerprint density at radius 3 is 2.32 bits per heavy atom. The Morgan fingerprint density at radius 2 is 1.68 bits per heavy atom. The lowest BCUT2D eigenvalue weighted by Gasteiger charge is -2.30. The van der Waals surface area contributed by atoms with Crippen LogP contribution in [0.15, 0.2) is 53.6 Å². The number of carbonyl (C=O) groups is 1. The summed E-state index contributed by atoms with van der Waals surface area (Å²) in [7, 11) is 0. The molecule has 0 saturated heterocycles. The maximum atomic E-state index is 11.7. The van der Waals surface area contributed by atoms with Gasteiger partial charge in [0.25, 0.3) is 0 Å². The maximum absolute atomic E-state index is 11.7. The largest absolute Gasteiger partial charge is 0.478 e. The molecule has 0 bridgehead atoms. The van der Waals surface area contributed by atoms with Crippen molar-refractivity contribution in [3.05, 3.63) is 59.2 Å². The standard InChI is InChI=1S/C22H30O3/c1-2-3-4-5-6-7-9-12-18-15-16-22(25,17-20(18)21(23)24)19-13-10-8-11-14-19/h8,10-11,13-16,25H,2-7,9,12,17H2,1H3,(H,23,24). The van der Waals surface area contributed by atoms with E-state index in [2.05, 4.69) is 6.92 Å². The van der Waals surface area contributed by atoms with E-state index in [1.165, 1.54) is 32.1 Å². The Balaban J connectivity index is 1.95. The molecule has 3 heteroatoms. The zero-order chi connectivity index (χ0) is 18.1. The zero-order valence-electron chi connectivity index (χ0n) is 15.2. The third-order valence-electron chi connectivity index (χ3n) is 4.98. The fourth-order valence-electron chi connectivity index (χ4n) is 3.43. The van der Waals surface area contributed by atoms with Crippen LogP contribution in [0.2, 0.25) is 0 Å². The molecule has 2 N–H and O–H groups in total. The lowest BCUT2D eigenvalue weighted by Crippen LogP contribution is -2.28. The van der Waals surface area contributed by atoms with Crippen molar-refractivity contribution in [1.82, 2.24) is 0 Å². The lowest BCUT2D eigenvalue weighted by molar-refractivity contribution is -0.133. The molecule has 1 unspecified atom stereocenters. The molecule has 3 nitrogen and oxygen atoms in total. The summed E-state index contributed by atoms with van der Waals surface area (Å²) in [4.78, 5) is 11.7. The van der Waals surface area contributed by atoms with Crippen molar-refractivity contribution in [3.8, 4) is 0 Å². The van der Waals surface area contributed by atoms with Gasteiger partial charge in [-0.15, -0.1) is 0 Å². The van der Waals surface area contributed by atoms with E-state index in [0.29, 0.717) is 5.57 Å². The minimum absolute atomic E-state index is 0.134. The first kappa shape index (κ1) is 19.5. The SMILES string of the molecule is CCCCCCCCCC1=C(C(=O)O)CC(O)(c2ccccc2)C=C1. The minimum Gasteiger partial charge on any atom is -0.478 e. The molecule has 0 aromatic heterocycles. The van der Waals surface area contributed by atoms with Gasteiger partial charge in [0.15, 0.2) is 0 Å². The number of unbranched alkanes of at least 4 members (excludes halogenated alkanes) is 6. The van der Waals surface area contributed by atoms with E-state index in [0.717, 1.165) is 30.4 Å². The number of carboxylic acid groups (broad SMARTS) is 1. The van der Waals surface area contributed by atoms with Gasteiger partial charge in [-0.2, -0.15) is 0 Å². The Kier molecular flexibility index (Phi) is 7.45. The van der Waals surface area contributed by atoms with E-state index in [9.17, 15) is 15.0 Å². The van der Waals surface area contributed by atoms with Crippen LogP contribution >= 0.6 is 0 Å². The van der Waals surface area contributed by atoms with Crippen LogP contribution in [0.5, 0.6) is 0 Å². The molecule has 0 heterocycles. The van der Waals surface area contributed by atoms with Crippen LogP contribution in [0.25, 0.3) is 0 Å². The van der Waals surface area contributed by atoms with E-state index >= 15 is 0 Å². The predicted octanol–water partition coefficient (Wildman–Crippen LogP) is 5.36. The quantitative estimate of drug-likeness (QED) is 0.563. The molecule has 1 atom stereocenters. The number of allylic oxidation sites excluding steroid dienone is 2. The highest BCUT2D eigenvalue weighted by Gasteiger charge is 2.33.